The zero-order valence-electron chi connectivity index (χ0n) is 11.9. The Balaban J connectivity index is 3.67. The van der Waals surface area contributed by atoms with Gasteiger partial charge in [0.15, 0.2) is 0 Å². The van der Waals surface area contributed by atoms with E-state index in [0.29, 0.717) is 6.04 Å². The smallest absolute Gasteiger partial charge is 0.0110 e. The standard InChI is InChI=1S/C13H31N3/c1-6-9-16(12-11-15(4)5)10-8-14-13(3)7-2/h13-14H,6-12H2,1-5H3. The summed E-state index contributed by atoms with van der Waals surface area (Å²) in [6.45, 7) is 12.6. The van der Waals surface area contributed by atoms with E-state index in [9.17, 15) is 0 Å². The molecule has 0 aromatic rings. The fourth-order valence-corrected chi connectivity index (χ4v) is 1.61. The van der Waals surface area contributed by atoms with Crippen molar-refractivity contribution in [1.29, 1.82) is 0 Å². The molecule has 1 atom stereocenters. The molecule has 0 aliphatic carbocycles. The zero-order valence-corrected chi connectivity index (χ0v) is 11.9. The van der Waals surface area contributed by atoms with Gasteiger partial charge in [0.25, 0.3) is 0 Å². The summed E-state index contributed by atoms with van der Waals surface area (Å²) < 4.78 is 0. The van der Waals surface area contributed by atoms with E-state index < -0.39 is 0 Å². The van der Waals surface area contributed by atoms with E-state index in [1.54, 1.807) is 0 Å². The van der Waals surface area contributed by atoms with Crippen molar-refractivity contribution >= 4 is 0 Å². The molecule has 0 heterocycles. The summed E-state index contributed by atoms with van der Waals surface area (Å²) in [5.74, 6) is 0. The van der Waals surface area contributed by atoms with Crippen LogP contribution in [-0.4, -0.2) is 62.7 Å². The Bertz CT molecular complexity index is 148. The van der Waals surface area contributed by atoms with Crippen LogP contribution in [0.4, 0.5) is 0 Å². The van der Waals surface area contributed by atoms with E-state index in [1.807, 2.05) is 0 Å². The zero-order chi connectivity index (χ0) is 12.4. The van der Waals surface area contributed by atoms with Crippen molar-refractivity contribution in [3.8, 4) is 0 Å². The summed E-state index contributed by atoms with van der Waals surface area (Å²) in [7, 11) is 4.28. The molecule has 0 amide bonds. The fraction of sp³-hybridized carbons (Fsp3) is 1.00. The predicted molar refractivity (Wildman–Crippen MR) is 73.0 cm³/mol. The average Bonchev–Trinajstić information content (AvgIpc) is 2.25. The molecule has 0 aromatic carbocycles. The molecule has 0 radical (unpaired) electrons. The summed E-state index contributed by atoms with van der Waals surface area (Å²) >= 11 is 0. The topological polar surface area (TPSA) is 18.5 Å². The molecule has 98 valence electrons. The third-order valence-electron chi connectivity index (χ3n) is 2.94. The van der Waals surface area contributed by atoms with E-state index in [4.69, 9.17) is 0 Å². The number of likely N-dealkylation sites (N-methyl/N-ethyl adjacent to an activating group) is 1. The molecule has 0 fully saturated rings. The average molecular weight is 229 g/mol. The lowest BCUT2D eigenvalue weighted by Crippen LogP contribution is -2.39. The number of rotatable bonds is 10. The Morgan fingerprint density at radius 1 is 1.00 bits per heavy atom. The van der Waals surface area contributed by atoms with Crippen LogP contribution in [0.5, 0.6) is 0 Å². The van der Waals surface area contributed by atoms with Gasteiger partial charge in [0, 0.05) is 32.2 Å². The minimum Gasteiger partial charge on any atom is -0.313 e. The van der Waals surface area contributed by atoms with E-state index in [0.717, 1.165) is 13.1 Å². The van der Waals surface area contributed by atoms with E-state index in [2.05, 4.69) is 50.0 Å². The van der Waals surface area contributed by atoms with Crippen LogP contribution in [0.15, 0.2) is 0 Å². The molecule has 0 aromatic heterocycles. The summed E-state index contributed by atoms with van der Waals surface area (Å²) in [5, 5.41) is 3.55. The Hall–Kier alpha value is -0.120. The van der Waals surface area contributed by atoms with Gasteiger partial charge in [-0.3, -0.25) is 0 Å². The number of hydrogen-bond acceptors (Lipinski definition) is 3. The molecule has 0 rings (SSSR count). The van der Waals surface area contributed by atoms with E-state index in [-0.39, 0.29) is 0 Å². The monoisotopic (exact) mass is 229 g/mol. The second kappa shape index (κ2) is 10.1. The molecule has 16 heavy (non-hydrogen) atoms. The van der Waals surface area contributed by atoms with Gasteiger partial charge in [-0.2, -0.15) is 0 Å². The van der Waals surface area contributed by atoms with Crippen molar-refractivity contribution in [1.82, 2.24) is 15.1 Å². The summed E-state index contributed by atoms with van der Waals surface area (Å²) in [5.41, 5.74) is 0. The second-order valence-electron chi connectivity index (χ2n) is 4.91. The SMILES string of the molecule is CCCN(CCNC(C)CC)CCN(C)C. The third-order valence-corrected chi connectivity index (χ3v) is 2.94. The van der Waals surface area contributed by atoms with Crippen LogP contribution in [0.25, 0.3) is 0 Å². The van der Waals surface area contributed by atoms with Crippen LogP contribution in [-0.2, 0) is 0 Å². The van der Waals surface area contributed by atoms with Crippen LogP contribution >= 0.6 is 0 Å². The van der Waals surface area contributed by atoms with Crippen molar-refractivity contribution < 1.29 is 0 Å². The van der Waals surface area contributed by atoms with Crippen molar-refractivity contribution in [2.45, 2.75) is 39.7 Å². The summed E-state index contributed by atoms with van der Waals surface area (Å²) in [6, 6.07) is 0.650. The van der Waals surface area contributed by atoms with Gasteiger partial charge in [0.2, 0.25) is 0 Å². The molecule has 0 aliphatic rings. The minimum atomic E-state index is 0.650. The van der Waals surface area contributed by atoms with Gasteiger partial charge in [0.05, 0.1) is 0 Å². The first kappa shape index (κ1) is 15.9. The van der Waals surface area contributed by atoms with Crippen molar-refractivity contribution in [2.24, 2.45) is 0 Å². The Morgan fingerprint density at radius 3 is 2.19 bits per heavy atom. The first-order valence-corrected chi connectivity index (χ1v) is 6.70. The van der Waals surface area contributed by atoms with Gasteiger partial charge < -0.3 is 15.1 Å². The highest BCUT2D eigenvalue weighted by Crippen LogP contribution is 1.93. The van der Waals surface area contributed by atoms with Crippen molar-refractivity contribution in [2.75, 3.05) is 46.8 Å². The van der Waals surface area contributed by atoms with Crippen LogP contribution in [0.3, 0.4) is 0 Å². The molecule has 3 nitrogen and oxygen atoms in total. The van der Waals surface area contributed by atoms with Crippen LogP contribution in [0.1, 0.15) is 33.6 Å². The molecule has 0 saturated carbocycles. The second-order valence-corrected chi connectivity index (χ2v) is 4.91. The Labute approximate surface area is 102 Å². The Morgan fingerprint density at radius 2 is 1.69 bits per heavy atom. The lowest BCUT2D eigenvalue weighted by atomic mass is 10.2. The van der Waals surface area contributed by atoms with Crippen LogP contribution in [0, 0.1) is 0 Å². The molecule has 1 N–H and O–H groups in total. The molecule has 0 aliphatic heterocycles. The summed E-state index contributed by atoms with van der Waals surface area (Å²) in [4.78, 5) is 4.81. The first-order valence-electron chi connectivity index (χ1n) is 6.70. The van der Waals surface area contributed by atoms with Crippen LogP contribution in [0.2, 0.25) is 0 Å². The van der Waals surface area contributed by atoms with Gasteiger partial charge in [-0.15, -0.1) is 0 Å². The maximum Gasteiger partial charge on any atom is 0.0110 e. The largest absolute Gasteiger partial charge is 0.313 e. The maximum absolute atomic E-state index is 3.55. The highest BCUT2D eigenvalue weighted by Gasteiger charge is 2.04. The molecule has 0 spiro atoms. The minimum absolute atomic E-state index is 0.650. The molecular formula is C13H31N3. The van der Waals surface area contributed by atoms with Crippen molar-refractivity contribution in [3.05, 3.63) is 0 Å². The van der Waals surface area contributed by atoms with Crippen LogP contribution < -0.4 is 5.32 Å². The number of nitrogens with zero attached hydrogens (tertiary/aromatic N) is 2. The van der Waals surface area contributed by atoms with Gasteiger partial charge in [0.1, 0.15) is 0 Å². The van der Waals surface area contributed by atoms with E-state index in [1.165, 1.54) is 32.5 Å². The highest BCUT2D eigenvalue weighted by molar-refractivity contribution is 4.63. The first-order chi connectivity index (χ1) is 7.60. The summed E-state index contributed by atoms with van der Waals surface area (Å²) in [6.07, 6.45) is 2.46. The maximum atomic E-state index is 3.55. The van der Waals surface area contributed by atoms with Gasteiger partial charge in [-0.25, -0.2) is 0 Å². The van der Waals surface area contributed by atoms with E-state index >= 15 is 0 Å². The normalized spacial score (nSPS) is 13.7. The fourth-order valence-electron chi connectivity index (χ4n) is 1.61. The molecule has 0 bridgehead atoms. The molecular weight excluding hydrogens is 198 g/mol. The van der Waals surface area contributed by atoms with Gasteiger partial charge >= 0.3 is 0 Å². The lowest BCUT2D eigenvalue weighted by molar-refractivity contribution is 0.238. The third kappa shape index (κ3) is 9.13. The number of nitrogens with one attached hydrogen (secondary N) is 1. The highest BCUT2D eigenvalue weighted by atomic mass is 15.2. The van der Waals surface area contributed by atoms with Gasteiger partial charge in [-0.05, 0) is 40.4 Å². The van der Waals surface area contributed by atoms with Crippen molar-refractivity contribution in [3.63, 3.8) is 0 Å². The molecule has 3 heteroatoms. The quantitative estimate of drug-likeness (QED) is 0.614. The number of hydrogen-bond donors (Lipinski definition) is 1. The van der Waals surface area contributed by atoms with Gasteiger partial charge in [-0.1, -0.05) is 13.8 Å². The molecule has 1 unspecified atom stereocenters. The predicted octanol–water partition coefficient (Wildman–Crippen LogP) is 1.65. The molecule has 0 saturated heterocycles. The lowest BCUT2D eigenvalue weighted by Gasteiger charge is -2.24. The Kier molecular flexibility index (Phi) is 9.99.